The zero-order chi connectivity index (χ0) is 7.84. The van der Waals surface area contributed by atoms with E-state index in [1.165, 1.54) is 5.57 Å². The van der Waals surface area contributed by atoms with Crippen molar-refractivity contribution in [3.63, 3.8) is 0 Å². The van der Waals surface area contributed by atoms with Crippen molar-refractivity contribution in [2.75, 3.05) is 0 Å². The molecule has 0 aromatic heterocycles. The molecule has 0 N–H and O–H groups in total. The lowest BCUT2D eigenvalue weighted by atomic mass is 9.90. The van der Waals surface area contributed by atoms with Crippen molar-refractivity contribution in [2.24, 2.45) is 5.92 Å². The summed E-state index contributed by atoms with van der Waals surface area (Å²) in [5.41, 5.74) is 2.49. The van der Waals surface area contributed by atoms with Crippen molar-refractivity contribution in [1.82, 2.24) is 0 Å². The number of carbonyl (C=O) groups excluding carboxylic acids is 1. The Kier molecular flexibility index (Phi) is 1.45. The van der Waals surface area contributed by atoms with Crippen LogP contribution in [0.5, 0.6) is 0 Å². The van der Waals surface area contributed by atoms with Crippen LogP contribution in [0.1, 0.15) is 26.2 Å². The Morgan fingerprint density at radius 1 is 1.45 bits per heavy atom. The highest BCUT2D eigenvalue weighted by Crippen LogP contribution is 2.35. The van der Waals surface area contributed by atoms with Crippen LogP contribution in [0.3, 0.4) is 0 Å². The molecular formula is C10H12O. The summed E-state index contributed by atoms with van der Waals surface area (Å²) >= 11 is 0. The topological polar surface area (TPSA) is 17.1 Å². The molecule has 2 aliphatic rings. The largest absolute Gasteiger partial charge is 0.295 e. The maximum atomic E-state index is 11.2. The van der Waals surface area contributed by atoms with Gasteiger partial charge in [-0.2, -0.15) is 0 Å². The highest BCUT2D eigenvalue weighted by molar-refractivity contribution is 5.98. The van der Waals surface area contributed by atoms with Crippen LogP contribution in [0.25, 0.3) is 0 Å². The number of rotatable bonds is 0. The van der Waals surface area contributed by atoms with E-state index in [1.54, 1.807) is 0 Å². The molecule has 1 saturated carbocycles. The molecule has 1 heteroatoms. The lowest BCUT2D eigenvalue weighted by molar-refractivity contribution is -0.114. The minimum Gasteiger partial charge on any atom is -0.295 e. The summed E-state index contributed by atoms with van der Waals surface area (Å²) in [4.78, 5) is 11.2. The quantitative estimate of drug-likeness (QED) is 0.515. The van der Waals surface area contributed by atoms with E-state index < -0.39 is 0 Å². The van der Waals surface area contributed by atoms with Gasteiger partial charge in [0.05, 0.1) is 0 Å². The molecule has 0 amide bonds. The van der Waals surface area contributed by atoms with E-state index in [4.69, 9.17) is 0 Å². The van der Waals surface area contributed by atoms with Gasteiger partial charge >= 0.3 is 0 Å². The van der Waals surface area contributed by atoms with Gasteiger partial charge in [-0.25, -0.2) is 0 Å². The molecule has 0 radical (unpaired) electrons. The van der Waals surface area contributed by atoms with Gasteiger partial charge in [0.2, 0.25) is 0 Å². The smallest absolute Gasteiger partial charge is 0.159 e. The molecule has 11 heavy (non-hydrogen) atoms. The first kappa shape index (κ1) is 6.84. The summed E-state index contributed by atoms with van der Waals surface area (Å²) in [7, 11) is 0. The van der Waals surface area contributed by atoms with Crippen molar-refractivity contribution in [3.8, 4) is 0 Å². The van der Waals surface area contributed by atoms with E-state index in [2.05, 4.69) is 13.0 Å². The van der Waals surface area contributed by atoms with Gasteiger partial charge < -0.3 is 0 Å². The Morgan fingerprint density at radius 3 is 3.09 bits per heavy atom. The van der Waals surface area contributed by atoms with Crippen LogP contribution in [0, 0.1) is 5.92 Å². The van der Waals surface area contributed by atoms with Gasteiger partial charge in [0.1, 0.15) is 0 Å². The Morgan fingerprint density at radius 2 is 2.27 bits per heavy atom. The molecule has 1 unspecified atom stereocenters. The van der Waals surface area contributed by atoms with E-state index in [1.807, 2.05) is 6.08 Å². The second-order valence-corrected chi connectivity index (χ2v) is 3.50. The molecule has 0 aromatic carbocycles. The van der Waals surface area contributed by atoms with Gasteiger partial charge in [-0.1, -0.05) is 17.7 Å². The molecule has 0 heterocycles. The van der Waals surface area contributed by atoms with E-state index in [0.29, 0.717) is 11.7 Å². The van der Waals surface area contributed by atoms with Crippen molar-refractivity contribution in [1.29, 1.82) is 0 Å². The van der Waals surface area contributed by atoms with E-state index in [0.717, 1.165) is 24.8 Å². The predicted molar refractivity (Wildman–Crippen MR) is 44.2 cm³/mol. The number of hydrogen-bond donors (Lipinski definition) is 0. The highest BCUT2D eigenvalue weighted by atomic mass is 16.1. The Hall–Kier alpha value is -0.850. The van der Waals surface area contributed by atoms with Crippen molar-refractivity contribution >= 4 is 5.78 Å². The molecule has 1 fully saturated rings. The normalized spacial score (nSPS) is 29.5. The summed E-state index contributed by atoms with van der Waals surface area (Å²) in [6.45, 7) is 2.13. The molecule has 1 atom stereocenters. The predicted octanol–water partition coefficient (Wildman–Crippen LogP) is 2.24. The third-order valence-electron chi connectivity index (χ3n) is 2.60. The molecule has 2 aliphatic carbocycles. The maximum Gasteiger partial charge on any atom is 0.159 e. The molecule has 0 saturated heterocycles. The fraction of sp³-hybridized carbons (Fsp3) is 0.500. The zero-order valence-corrected chi connectivity index (χ0v) is 6.76. The third-order valence-corrected chi connectivity index (χ3v) is 2.60. The van der Waals surface area contributed by atoms with Crippen LogP contribution in [-0.2, 0) is 4.79 Å². The van der Waals surface area contributed by atoms with Gasteiger partial charge in [-0.3, -0.25) is 4.79 Å². The second-order valence-electron chi connectivity index (χ2n) is 3.50. The number of hydrogen-bond acceptors (Lipinski definition) is 1. The summed E-state index contributed by atoms with van der Waals surface area (Å²) in [6.07, 6.45) is 7.05. The van der Waals surface area contributed by atoms with Gasteiger partial charge in [0.15, 0.2) is 5.78 Å². The number of allylic oxidation sites excluding steroid dienone is 4. The Labute approximate surface area is 66.8 Å². The Balaban J connectivity index is 2.32. The molecule has 58 valence electrons. The summed E-state index contributed by atoms with van der Waals surface area (Å²) in [5.74, 6) is 0.936. The van der Waals surface area contributed by atoms with Crippen LogP contribution in [0.15, 0.2) is 23.3 Å². The molecule has 0 aliphatic heterocycles. The second kappa shape index (κ2) is 2.33. The van der Waals surface area contributed by atoms with Crippen molar-refractivity contribution in [3.05, 3.63) is 23.3 Å². The summed E-state index contributed by atoms with van der Waals surface area (Å²) in [5, 5.41) is 0. The monoisotopic (exact) mass is 148 g/mol. The standard InChI is InChI=1S/C10H12O/c1-7-2-4-9-8(6-7)3-5-10(9)11/h2,4,8H,3,5-6H2,1H3. The molecule has 0 spiro atoms. The molecule has 1 nitrogen and oxygen atoms in total. The molecular weight excluding hydrogens is 136 g/mol. The highest BCUT2D eigenvalue weighted by Gasteiger charge is 2.29. The molecule has 2 rings (SSSR count). The average Bonchev–Trinajstić information content (AvgIpc) is 2.32. The minimum atomic E-state index is 0.374. The van der Waals surface area contributed by atoms with E-state index in [9.17, 15) is 4.79 Å². The van der Waals surface area contributed by atoms with E-state index >= 15 is 0 Å². The van der Waals surface area contributed by atoms with Crippen molar-refractivity contribution < 1.29 is 4.79 Å². The van der Waals surface area contributed by atoms with Gasteiger partial charge in [0, 0.05) is 6.42 Å². The zero-order valence-electron chi connectivity index (χ0n) is 6.76. The first-order valence-electron chi connectivity index (χ1n) is 4.18. The fourth-order valence-electron chi connectivity index (χ4n) is 1.96. The molecule has 0 bridgehead atoms. The number of carbonyl (C=O) groups is 1. The minimum absolute atomic E-state index is 0.374. The van der Waals surface area contributed by atoms with Crippen LogP contribution >= 0.6 is 0 Å². The van der Waals surface area contributed by atoms with E-state index in [-0.39, 0.29) is 0 Å². The van der Waals surface area contributed by atoms with Crippen LogP contribution < -0.4 is 0 Å². The fourth-order valence-corrected chi connectivity index (χ4v) is 1.96. The number of fused-ring (bicyclic) bond motifs is 1. The maximum absolute atomic E-state index is 11.2. The van der Waals surface area contributed by atoms with Gasteiger partial charge in [-0.15, -0.1) is 0 Å². The first-order chi connectivity index (χ1) is 5.27. The van der Waals surface area contributed by atoms with Gasteiger partial charge in [-0.05, 0) is 31.3 Å². The number of Topliss-reactive ketones (excluding diaryl/α,β-unsaturated/α-hetero) is 1. The summed E-state index contributed by atoms with van der Waals surface area (Å²) in [6, 6.07) is 0. The average molecular weight is 148 g/mol. The summed E-state index contributed by atoms with van der Waals surface area (Å²) < 4.78 is 0. The SMILES string of the molecule is CC1=CC=C2C(=O)CCC2C1. The lowest BCUT2D eigenvalue weighted by Crippen LogP contribution is -2.05. The first-order valence-corrected chi connectivity index (χ1v) is 4.18. The van der Waals surface area contributed by atoms with Crippen LogP contribution in [-0.4, -0.2) is 5.78 Å². The Bertz CT molecular complexity index is 258. The van der Waals surface area contributed by atoms with Gasteiger partial charge in [0.25, 0.3) is 0 Å². The van der Waals surface area contributed by atoms with Crippen LogP contribution in [0.2, 0.25) is 0 Å². The molecule has 0 aromatic rings. The number of ketones is 1. The van der Waals surface area contributed by atoms with Crippen LogP contribution in [0.4, 0.5) is 0 Å². The lowest BCUT2D eigenvalue weighted by Gasteiger charge is -2.14. The van der Waals surface area contributed by atoms with Crippen molar-refractivity contribution in [2.45, 2.75) is 26.2 Å². The third kappa shape index (κ3) is 1.05.